The van der Waals surface area contributed by atoms with Crippen LogP contribution < -0.4 is 15.1 Å². The number of nitrogens with one attached hydrogen (secondary N) is 1. The third-order valence-electron chi connectivity index (χ3n) is 7.14. The maximum atomic E-state index is 13.2. The molecule has 1 N–H and O–H groups in total. The van der Waals surface area contributed by atoms with Crippen molar-refractivity contribution >= 4 is 35.0 Å². The molecule has 0 saturated carbocycles. The number of thioether (sulfide) groups is 1. The van der Waals surface area contributed by atoms with Gasteiger partial charge in [-0.25, -0.2) is 0 Å². The first-order valence-electron chi connectivity index (χ1n) is 12.6. The summed E-state index contributed by atoms with van der Waals surface area (Å²) in [5.74, 6) is -0.107. The third-order valence-corrected chi connectivity index (χ3v) is 8.40. The quantitative estimate of drug-likeness (QED) is 0.651. The van der Waals surface area contributed by atoms with Gasteiger partial charge >= 0.3 is 0 Å². The van der Waals surface area contributed by atoms with Gasteiger partial charge in [0.2, 0.25) is 11.8 Å². The molecule has 0 radical (unpaired) electrons. The molecule has 188 valence electrons. The number of fused-ring (bicyclic) bond motifs is 1. The van der Waals surface area contributed by atoms with Crippen LogP contribution in [0.1, 0.15) is 38.3 Å². The minimum atomic E-state index is -0.556. The summed E-state index contributed by atoms with van der Waals surface area (Å²) in [6.45, 7) is 15.7. The third kappa shape index (κ3) is 5.84. The summed E-state index contributed by atoms with van der Waals surface area (Å²) in [4.78, 5) is 33.8. The van der Waals surface area contributed by atoms with Gasteiger partial charge in [0, 0.05) is 61.0 Å². The molecule has 1 fully saturated rings. The molecule has 0 aliphatic carbocycles. The summed E-state index contributed by atoms with van der Waals surface area (Å²) in [7, 11) is 0. The molecule has 35 heavy (non-hydrogen) atoms. The van der Waals surface area contributed by atoms with Crippen LogP contribution in [0.5, 0.6) is 0 Å². The highest BCUT2D eigenvalue weighted by Crippen LogP contribution is 2.44. The number of hydrogen-bond donors (Lipinski definition) is 1. The summed E-state index contributed by atoms with van der Waals surface area (Å²) >= 11 is 1.70. The second-order valence-corrected chi connectivity index (χ2v) is 12.0. The number of carbonyl (C=O) groups excluding carboxylic acids is 2. The molecule has 1 saturated heterocycles. The van der Waals surface area contributed by atoms with Crippen LogP contribution >= 0.6 is 11.8 Å². The van der Waals surface area contributed by atoms with Crippen LogP contribution in [0, 0.1) is 13.8 Å². The van der Waals surface area contributed by atoms with Crippen LogP contribution in [-0.2, 0) is 9.59 Å². The highest BCUT2D eigenvalue weighted by atomic mass is 32.2. The summed E-state index contributed by atoms with van der Waals surface area (Å²) in [5.41, 5.74) is 4.84. The largest absolute Gasteiger partial charge is 0.369 e. The van der Waals surface area contributed by atoms with Crippen molar-refractivity contribution in [1.82, 2.24) is 10.2 Å². The second kappa shape index (κ2) is 10.6. The predicted molar refractivity (Wildman–Crippen MR) is 146 cm³/mol. The van der Waals surface area contributed by atoms with Crippen molar-refractivity contribution in [3.63, 3.8) is 0 Å². The van der Waals surface area contributed by atoms with Crippen LogP contribution in [-0.4, -0.2) is 66.8 Å². The fourth-order valence-corrected chi connectivity index (χ4v) is 6.19. The number of nitrogens with zero attached hydrogens (tertiary/aromatic N) is 3. The first-order valence-corrected chi connectivity index (χ1v) is 13.4. The number of piperazine rings is 1. The summed E-state index contributed by atoms with van der Waals surface area (Å²) in [5, 5.41) is 3.08. The molecule has 0 bridgehead atoms. The molecule has 0 aromatic heterocycles. The zero-order chi connectivity index (χ0) is 25.2. The molecule has 2 aromatic carbocycles. The molecule has 2 amide bonds. The molecule has 0 spiro atoms. The monoisotopic (exact) mass is 494 g/mol. The Hall–Kier alpha value is -2.51. The van der Waals surface area contributed by atoms with Gasteiger partial charge in [0.25, 0.3) is 0 Å². The van der Waals surface area contributed by atoms with E-state index in [2.05, 4.69) is 61.0 Å². The van der Waals surface area contributed by atoms with E-state index in [4.69, 9.17) is 0 Å². The number of para-hydroxylation sites is 1. The van der Waals surface area contributed by atoms with Gasteiger partial charge in [-0.1, -0.05) is 24.3 Å². The van der Waals surface area contributed by atoms with E-state index in [-0.39, 0.29) is 16.6 Å². The Morgan fingerprint density at radius 3 is 2.46 bits per heavy atom. The summed E-state index contributed by atoms with van der Waals surface area (Å²) in [6.07, 6.45) is 0.397. The smallest absolute Gasteiger partial charge is 0.242 e. The normalized spacial score (nSPS) is 19.2. The van der Waals surface area contributed by atoms with E-state index in [1.54, 1.807) is 16.7 Å². The lowest BCUT2D eigenvalue weighted by atomic mass is 10.1. The average Bonchev–Trinajstić information content (AvgIpc) is 2.92. The van der Waals surface area contributed by atoms with Gasteiger partial charge in [-0.05, 0) is 63.9 Å². The minimum absolute atomic E-state index is 0.00216. The van der Waals surface area contributed by atoms with Crippen molar-refractivity contribution in [3.05, 3.63) is 53.6 Å². The zero-order valence-electron chi connectivity index (χ0n) is 21.6. The highest BCUT2D eigenvalue weighted by molar-refractivity contribution is 8.00. The second-order valence-electron chi connectivity index (χ2n) is 10.3. The number of rotatable bonds is 6. The molecule has 2 aromatic rings. The number of aryl methyl sites for hydroxylation is 1. The lowest BCUT2D eigenvalue weighted by molar-refractivity contribution is -0.126. The van der Waals surface area contributed by atoms with Crippen molar-refractivity contribution < 1.29 is 9.59 Å². The molecule has 2 heterocycles. The van der Waals surface area contributed by atoms with Gasteiger partial charge in [0.15, 0.2) is 0 Å². The Labute approximate surface area is 214 Å². The molecular weight excluding hydrogens is 456 g/mol. The number of amides is 2. The highest BCUT2D eigenvalue weighted by Gasteiger charge is 2.37. The van der Waals surface area contributed by atoms with Crippen LogP contribution in [0.25, 0.3) is 0 Å². The predicted octanol–water partition coefficient (Wildman–Crippen LogP) is 4.24. The van der Waals surface area contributed by atoms with Crippen molar-refractivity contribution in [3.8, 4) is 0 Å². The Kier molecular flexibility index (Phi) is 7.77. The molecule has 7 heteroatoms. The maximum absolute atomic E-state index is 13.2. The van der Waals surface area contributed by atoms with E-state index in [1.807, 2.05) is 31.2 Å². The zero-order valence-corrected chi connectivity index (χ0v) is 22.5. The summed E-state index contributed by atoms with van der Waals surface area (Å²) < 4.78 is -0.211. The lowest BCUT2D eigenvalue weighted by Gasteiger charge is -2.37. The average molecular weight is 495 g/mol. The molecular formula is C28H38N4O2S. The Bertz CT molecular complexity index is 1080. The van der Waals surface area contributed by atoms with Crippen LogP contribution in [0.15, 0.2) is 47.4 Å². The van der Waals surface area contributed by atoms with E-state index in [9.17, 15) is 9.59 Å². The van der Waals surface area contributed by atoms with Gasteiger partial charge in [0.05, 0.1) is 5.69 Å². The van der Waals surface area contributed by atoms with Crippen molar-refractivity contribution in [2.24, 2.45) is 0 Å². The van der Waals surface area contributed by atoms with Crippen molar-refractivity contribution in [1.29, 1.82) is 0 Å². The first kappa shape index (κ1) is 25.6. The number of hydrogen-bond acceptors (Lipinski definition) is 5. The molecule has 1 atom stereocenters. The van der Waals surface area contributed by atoms with Gasteiger partial charge < -0.3 is 10.2 Å². The van der Waals surface area contributed by atoms with Crippen LogP contribution in [0.4, 0.5) is 11.4 Å². The first-order chi connectivity index (χ1) is 16.7. The molecule has 6 nitrogen and oxygen atoms in total. The molecule has 0 unspecified atom stereocenters. The number of carbonyl (C=O) groups is 2. The molecule has 2 aliphatic heterocycles. The SMILES string of the molecule is Cc1cccc(N2CCN(CCNC(=O)[C@@H](C)N3C(=O)CC(C)(C)Sc4ccccc43)CC2)c1C. The Balaban J connectivity index is 1.31. The Morgan fingerprint density at radius 1 is 1.03 bits per heavy atom. The van der Waals surface area contributed by atoms with Gasteiger partial charge in [0.1, 0.15) is 6.04 Å². The van der Waals surface area contributed by atoms with Gasteiger partial charge in [-0.15, -0.1) is 11.8 Å². The van der Waals surface area contributed by atoms with Crippen LogP contribution in [0.3, 0.4) is 0 Å². The van der Waals surface area contributed by atoms with E-state index >= 15 is 0 Å². The van der Waals surface area contributed by atoms with E-state index in [0.717, 1.165) is 43.3 Å². The van der Waals surface area contributed by atoms with Gasteiger partial charge in [-0.3, -0.25) is 19.4 Å². The number of anilines is 2. The standard InChI is InChI=1S/C28H38N4O2S/c1-20-9-8-11-23(21(20)2)31-17-15-30(16-18-31)14-13-29-27(34)22(3)32-24-10-6-7-12-25(24)35-28(4,5)19-26(32)33/h6-12,22H,13-19H2,1-5H3,(H,29,34)/t22-/m1/s1. The minimum Gasteiger partial charge on any atom is -0.369 e. The Morgan fingerprint density at radius 2 is 1.71 bits per heavy atom. The lowest BCUT2D eigenvalue weighted by Crippen LogP contribution is -2.51. The van der Waals surface area contributed by atoms with E-state index in [1.165, 1.54) is 16.8 Å². The van der Waals surface area contributed by atoms with Crippen molar-refractivity contribution in [2.75, 3.05) is 49.1 Å². The molecule has 2 aliphatic rings. The summed E-state index contributed by atoms with van der Waals surface area (Å²) in [6, 6.07) is 13.9. The molecule has 4 rings (SSSR count). The topological polar surface area (TPSA) is 55.9 Å². The van der Waals surface area contributed by atoms with Crippen molar-refractivity contribution in [2.45, 2.75) is 56.7 Å². The van der Waals surface area contributed by atoms with E-state index in [0.29, 0.717) is 13.0 Å². The van der Waals surface area contributed by atoms with Crippen LogP contribution in [0.2, 0.25) is 0 Å². The van der Waals surface area contributed by atoms with Gasteiger partial charge in [-0.2, -0.15) is 0 Å². The fraction of sp³-hybridized carbons (Fsp3) is 0.500. The van der Waals surface area contributed by atoms with E-state index < -0.39 is 6.04 Å². The fourth-order valence-electron chi connectivity index (χ4n) is 4.98. The maximum Gasteiger partial charge on any atom is 0.242 e. The number of benzene rings is 2.